The fourth-order valence-electron chi connectivity index (χ4n) is 1.52. The van der Waals surface area contributed by atoms with Crippen LogP contribution in [0.5, 0.6) is 0 Å². The molecule has 0 aliphatic carbocycles. The molecule has 1 aromatic heterocycles. The predicted octanol–water partition coefficient (Wildman–Crippen LogP) is 5.83. The number of nitrogens with zero attached hydrogens (tertiary/aromatic N) is 2. The standard InChI is InChI=1S/C11H7Br2I3N2/c12-4-9-10(5-13)18-8-3-6(11(14,15)16)1-2-7(8)17-9/h1-3H,4-5H2. The lowest BCUT2D eigenvalue weighted by atomic mass is 10.2. The van der Waals surface area contributed by atoms with Gasteiger partial charge in [-0.2, -0.15) is 0 Å². The van der Waals surface area contributed by atoms with Gasteiger partial charge in [-0.15, -0.1) is 0 Å². The first-order valence-electron chi connectivity index (χ1n) is 4.94. The minimum atomic E-state index is 0.0474. The van der Waals surface area contributed by atoms with Crippen molar-refractivity contribution < 1.29 is 0 Å². The number of benzene rings is 1. The number of hydrogen-bond acceptors (Lipinski definition) is 2. The van der Waals surface area contributed by atoms with Crippen LogP contribution in [0.4, 0.5) is 0 Å². The molecular formula is C11H7Br2I3N2. The molecular weight excluding hydrogens is 701 g/mol. The summed E-state index contributed by atoms with van der Waals surface area (Å²) >= 11 is 14.2. The van der Waals surface area contributed by atoms with E-state index in [1.54, 1.807) is 0 Å². The maximum atomic E-state index is 4.69. The highest BCUT2D eigenvalue weighted by molar-refractivity contribution is 14.3. The Morgan fingerprint density at radius 3 is 2.00 bits per heavy atom. The van der Waals surface area contributed by atoms with Gasteiger partial charge in [0.25, 0.3) is 0 Å². The highest BCUT2D eigenvalue weighted by atomic mass is 127. The molecule has 2 nitrogen and oxygen atoms in total. The number of rotatable bonds is 3. The lowest BCUT2D eigenvalue weighted by molar-refractivity contribution is 1.08. The Morgan fingerprint density at radius 1 is 0.944 bits per heavy atom. The Kier molecular flexibility index (Phi) is 5.94. The van der Waals surface area contributed by atoms with E-state index in [0.29, 0.717) is 0 Å². The smallest absolute Gasteiger partial charge is 0.149 e. The molecule has 1 aromatic carbocycles. The van der Waals surface area contributed by atoms with E-state index >= 15 is 0 Å². The van der Waals surface area contributed by atoms with Crippen molar-refractivity contribution in [3.63, 3.8) is 0 Å². The van der Waals surface area contributed by atoms with Crippen molar-refractivity contribution in [2.24, 2.45) is 0 Å². The molecule has 0 fully saturated rings. The largest absolute Gasteiger partial charge is 0.248 e. The molecule has 0 N–H and O–H groups in total. The molecule has 2 rings (SSSR count). The second kappa shape index (κ2) is 6.65. The normalized spacial score (nSPS) is 12.1. The molecule has 0 amide bonds. The fourth-order valence-corrected chi connectivity index (χ4v) is 3.42. The Balaban J connectivity index is 2.63. The van der Waals surface area contributed by atoms with Gasteiger partial charge in [0.1, 0.15) is -0.565 Å². The summed E-state index contributed by atoms with van der Waals surface area (Å²) in [7, 11) is 0. The van der Waals surface area contributed by atoms with Gasteiger partial charge in [0, 0.05) is 10.7 Å². The van der Waals surface area contributed by atoms with E-state index in [1.807, 2.05) is 6.07 Å². The molecule has 0 saturated carbocycles. The first-order chi connectivity index (χ1) is 8.45. The molecule has 0 spiro atoms. The van der Waals surface area contributed by atoms with E-state index in [-0.39, 0.29) is -0.565 Å². The van der Waals surface area contributed by atoms with E-state index in [1.165, 1.54) is 5.56 Å². The third kappa shape index (κ3) is 3.67. The third-order valence-corrected chi connectivity index (χ3v) is 5.33. The summed E-state index contributed by atoms with van der Waals surface area (Å²) in [5.41, 5.74) is 5.15. The average Bonchev–Trinajstić information content (AvgIpc) is 2.35. The zero-order chi connectivity index (χ0) is 13.3. The summed E-state index contributed by atoms with van der Waals surface area (Å²) in [5, 5.41) is 1.46. The topological polar surface area (TPSA) is 25.8 Å². The number of halogens is 5. The van der Waals surface area contributed by atoms with Gasteiger partial charge in [0.15, 0.2) is 0 Å². The molecule has 2 aromatic rings. The van der Waals surface area contributed by atoms with Crippen LogP contribution in [0.3, 0.4) is 0 Å². The highest BCUT2D eigenvalue weighted by Crippen LogP contribution is 2.46. The summed E-state index contributed by atoms with van der Waals surface area (Å²) < 4.78 is 0.0474. The summed E-state index contributed by atoms with van der Waals surface area (Å²) in [4.78, 5) is 9.33. The van der Waals surface area contributed by atoms with E-state index < -0.39 is 0 Å². The Bertz CT molecular complexity index is 584. The minimum absolute atomic E-state index is 0.0474. The molecule has 18 heavy (non-hydrogen) atoms. The second-order valence-electron chi connectivity index (χ2n) is 3.59. The molecule has 96 valence electrons. The maximum Gasteiger partial charge on any atom is 0.149 e. The van der Waals surface area contributed by atoms with E-state index in [4.69, 9.17) is 0 Å². The molecule has 1 heterocycles. The van der Waals surface area contributed by atoms with Crippen molar-refractivity contribution in [1.82, 2.24) is 9.97 Å². The van der Waals surface area contributed by atoms with Gasteiger partial charge in [-0.3, -0.25) is 0 Å². The van der Waals surface area contributed by atoms with Gasteiger partial charge in [0.2, 0.25) is 0 Å². The average molecular weight is 708 g/mol. The van der Waals surface area contributed by atoms with Crippen LogP contribution in [0.25, 0.3) is 11.0 Å². The lowest BCUT2D eigenvalue weighted by Gasteiger charge is -2.13. The van der Waals surface area contributed by atoms with Gasteiger partial charge < -0.3 is 0 Å². The van der Waals surface area contributed by atoms with Crippen LogP contribution in [-0.4, -0.2) is 9.97 Å². The molecule has 0 aliphatic rings. The predicted molar refractivity (Wildman–Crippen MR) is 109 cm³/mol. The fraction of sp³-hybridized carbons (Fsp3) is 0.273. The van der Waals surface area contributed by atoms with Crippen molar-refractivity contribution >= 4 is 111 Å². The Hall–Kier alpha value is 1.71. The van der Waals surface area contributed by atoms with Gasteiger partial charge in [0.05, 0.1) is 22.4 Å². The monoisotopic (exact) mass is 706 g/mol. The molecule has 0 bridgehead atoms. The van der Waals surface area contributed by atoms with Gasteiger partial charge >= 0.3 is 0 Å². The van der Waals surface area contributed by atoms with Crippen LogP contribution >= 0.6 is 99.6 Å². The molecule has 0 aliphatic heterocycles. The quantitative estimate of drug-likeness (QED) is 0.297. The molecule has 0 saturated heterocycles. The minimum Gasteiger partial charge on any atom is -0.248 e. The van der Waals surface area contributed by atoms with Crippen molar-refractivity contribution in [1.29, 1.82) is 0 Å². The number of fused-ring (bicyclic) bond motifs is 1. The molecule has 0 atom stereocenters. The Morgan fingerprint density at radius 2 is 1.50 bits per heavy atom. The number of hydrogen-bond donors (Lipinski definition) is 0. The number of aromatic nitrogens is 2. The van der Waals surface area contributed by atoms with Crippen molar-refractivity contribution in [3.8, 4) is 0 Å². The Labute approximate surface area is 163 Å². The highest BCUT2D eigenvalue weighted by Gasteiger charge is 2.21. The van der Waals surface area contributed by atoms with Crippen LogP contribution in [0, 0.1) is 0 Å². The van der Waals surface area contributed by atoms with Crippen LogP contribution in [0.15, 0.2) is 18.2 Å². The van der Waals surface area contributed by atoms with Crippen LogP contribution in [-0.2, 0) is 10.1 Å². The summed E-state index contributed by atoms with van der Waals surface area (Å²) in [6, 6.07) is 6.29. The zero-order valence-corrected chi connectivity index (χ0v) is 18.6. The van der Waals surface area contributed by atoms with Gasteiger partial charge in [-0.05, 0) is 85.5 Å². The lowest BCUT2D eigenvalue weighted by Crippen LogP contribution is -2.01. The summed E-state index contributed by atoms with van der Waals surface area (Å²) in [6.07, 6.45) is 0. The van der Waals surface area contributed by atoms with Crippen LogP contribution in [0.2, 0.25) is 0 Å². The van der Waals surface area contributed by atoms with Gasteiger partial charge in [-0.1, -0.05) is 37.9 Å². The second-order valence-corrected chi connectivity index (χ2v) is 15.8. The zero-order valence-electron chi connectivity index (χ0n) is 8.93. The van der Waals surface area contributed by atoms with Gasteiger partial charge in [-0.25, -0.2) is 9.97 Å². The summed E-state index contributed by atoms with van der Waals surface area (Å²) in [5.74, 6) is 0. The van der Waals surface area contributed by atoms with Crippen molar-refractivity contribution in [2.75, 3.05) is 0 Å². The first-order valence-corrected chi connectivity index (χ1v) is 10.4. The molecule has 0 unspecified atom stereocenters. The van der Waals surface area contributed by atoms with Crippen LogP contribution < -0.4 is 0 Å². The van der Waals surface area contributed by atoms with Crippen molar-refractivity contribution in [2.45, 2.75) is 10.1 Å². The first kappa shape index (κ1) is 16.1. The summed E-state index contributed by atoms with van der Waals surface area (Å²) in [6.45, 7) is 0. The SMILES string of the molecule is BrCc1nc2ccc(C(I)(I)I)cc2nc1CBr. The molecule has 0 radical (unpaired) electrons. The van der Waals surface area contributed by atoms with E-state index in [2.05, 4.69) is 122 Å². The van der Waals surface area contributed by atoms with Crippen LogP contribution in [0.1, 0.15) is 17.0 Å². The number of alkyl halides is 5. The third-order valence-electron chi connectivity index (χ3n) is 2.40. The van der Waals surface area contributed by atoms with Crippen molar-refractivity contribution in [3.05, 3.63) is 35.2 Å². The van der Waals surface area contributed by atoms with E-state index in [9.17, 15) is 0 Å². The maximum absolute atomic E-state index is 4.69. The molecule has 7 heteroatoms. The van der Waals surface area contributed by atoms with E-state index in [0.717, 1.165) is 33.1 Å².